The third kappa shape index (κ3) is 5.92. The van der Waals surface area contributed by atoms with E-state index in [-0.39, 0.29) is 23.8 Å². The van der Waals surface area contributed by atoms with Crippen molar-refractivity contribution in [2.45, 2.75) is 13.0 Å². The molecule has 33 heavy (non-hydrogen) atoms. The number of carbonyl (C=O) groups excluding carboxylic acids is 2. The van der Waals surface area contributed by atoms with E-state index in [1.807, 2.05) is 84.9 Å². The molecular formula is C28H23FN2O2. The van der Waals surface area contributed by atoms with Crippen molar-refractivity contribution < 1.29 is 14.0 Å². The molecule has 0 heterocycles. The number of rotatable bonds is 7. The molecule has 164 valence electrons. The van der Waals surface area contributed by atoms with Crippen molar-refractivity contribution in [3.63, 3.8) is 0 Å². The number of hydrogen-bond donors (Lipinski definition) is 1. The molecule has 0 saturated carbocycles. The molecule has 0 fully saturated rings. The highest BCUT2D eigenvalue weighted by atomic mass is 19.1. The molecule has 4 rings (SSSR count). The minimum atomic E-state index is -0.466. The smallest absolute Gasteiger partial charge is 0.258 e. The molecule has 1 N–H and O–H groups in total. The maximum Gasteiger partial charge on any atom is 0.258 e. The number of anilines is 2. The molecule has 5 heteroatoms. The molecule has 0 radical (unpaired) electrons. The zero-order chi connectivity index (χ0) is 23.0. The normalized spacial score (nSPS) is 10.5. The zero-order valence-electron chi connectivity index (χ0n) is 17.9. The van der Waals surface area contributed by atoms with Gasteiger partial charge >= 0.3 is 0 Å². The van der Waals surface area contributed by atoms with Gasteiger partial charge in [-0.25, -0.2) is 4.39 Å². The van der Waals surface area contributed by atoms with Crippen LogP contribution in [-0.4, -0.2) is 11.8 Å². The van der Waals surface area contributed by atoms with Crippen LogP contribution in [0.25, 0.3) is 0 Å². The summed E-state index contributed by atoms with van der Waals surface area (Å²) in [4.78, 5) is 27.5. The highest BCUT2D eigenvalue weighted by molar-refractivity contribution is 6.06. The molecule has 0 aliphatic rings. The fraction of sp³-hybridized carbons (Fsp3) is 0.0714. The monoisotopic (exact) mass is 438 g/mol. The maximum absolute atomic E-state index is 13.8. The van der Waals surface area contributed by atoms with Crippen LogP contribution in [0.1, 0.15) is 21.5 Å². The van der Waals surface area contributed by atoms with Crippen molar-refractivity contribution in [3.8, 4) is 0 Å². The predicted octanol–water partition coefficient (Wildman–Crippen LogP) is 5.85. The first-order valence-corrected chi connectivity index (χ1v) is 10.6. The van der Waals surface area contributed by atoms with Gasteiger partial charge in [0.25, 0.3) is 5.91 Å². The van der Waals surface area contributed by atoms with Crippen molar-refractivity contribution in [1.82, 2.24) is 0 Å². The Bertz CT molecular complexity index is 1240. The Hall–Kier alpha value is -4.25. The van der Waals surface area contributed by atoms with Crippen LogP contribution in [0.15, 0.2) is 109 Å². The Morgan fingerprint density at radius 1 is 0.727 bits per heavy atom. The van der Waals surface area contributed by atoms with Crippen molar-refractivity contribution in [1.29, 1.82) is 0 Å². The second-order valence-electron chi connectivity index (χ2n) is 7.65. The minimum Gasteiger partial charge on any atom is -0.326 e. The Kier molecular flexibility index (Phi) is 6.90. The fourth-order valence-electron chi connectivity index (χ4n) is 3.57. The fourth-order valence-corrected chi connectivity index (χ4v) is 3.57. The number of para-hydroxylation sites is 1. The first-order valence-electron chi connectivity index (χ1n) is 10.6. The van der Waals surface area contributed by atoms with Crippen LogP contribution in [-0.2, 0) is 17.8 Å². The summed E-state index contributed by atoms with van der Waals surface area (Å²) in [5, 5.41) is 2.87. The molecule has 0 aliphatic carbocycles. The Balaban J connectivity index is 1.59. The lowest BCUT2D eigenvalue weighted by molar-refractivity contribution is -0.115. The van der Waals surface area contributed by atoms with Gasteiger partial charge in [-0.1, -0.05) is 66.7 Å². The van der Waals surface area contributed by atoms with E-state index in [1.165, 1.54) is 18.2 Å². The zero-order valence-corrected chi connectivity index (χ0v) is 17.9. The van der Waals surface area contributed by atoms with Gasteiger partial charge < -0.3 is 10.2 Å². The molecule has 0 unspecified atom stereocenters. The van der Waals surface area contributed by atoms with Gasteiger partial charge in [-0.3, -0.25) is 9.59 Å². The standard InChI is InChI=1S/C28H23FN2O2/c29-24-13-8-12-23(19-24)28(33)31(20-21-9-3-1-4-10-21)26-16-7-11-22(17-26)18-27(32)30-25-14-5-2-6-15-25/h1-17,19H,18,20H2,(H,30,32). The highest BCUT2D eigenvalue weighted by Crippen LogP contribution is 2.23. The van der Waals surface area contributed by atoms with Gasteiger partial charge in [-0.15, -0.1) is 0 Å². The number of carbonyl (C=O) groups is 2. The second-order valence-corrected chi connectivity index (χ2v) is 7.65. The van der Waals surface area contributed by atoms with E-state index in [0.717, 1.165) is 16.8 Å². The number of hydrogen-bond acceptors (Lipinski definition) is 2. The lowest BCUT2D eigenvalue weighted by Gasteiger charge is -2.24. The minimum absolute atomic E-state index is 0.149. The van der Waals surface area contributed by atoms with Gasteiger partial charge in [0, 0.05) is 16.9 Å². The van der Waals surface area contributed by atoms with Crippen molar-refractivity contribution in [2.75, 3.05) is 10.2 Å². The summed E-state index contributed by atoms with van der Waals surface area (Å²) in [7, 11) is 0. The largest absolute Gasteiger partial charge is 0.326 e. The van der Waals surface area contributed by atoms with E-state index in [4.69, 9.17) is 0 Å². The summed E-state index contributed by atoms with van der Waals surface area (Å²) >= 11 is 0. The topological polar surface area (TPSA) is 49.4 Å². The van der Waals surface area contributed by atoms with Gasteiger partial charge in [-0.2, -0.15) is 0 Å². The van der Waals surface area contributed by atoms with E-state index in [2.05, 4.69) is 5.32 Å². The highest BCUT2D eigenvalue weighted by Gasteiger charge is 2.19. The number of nitrogens with zero attached hydrogens (tertiary/aromatic N) is 1. The molecule has 0 aliphatic heterocycles. The van der Waals surface area contributed by atoms with Gasteiger partial charge in [0.2, 0.25) is 5.91 Å². The first-order chi connectivity index (χ1) is 16.1. The summed E-state index contributed by atoms with van der Waals surface area (Å²) in [5.41, 5.74) is 3.34. The predicted molar refractivity (Wildman–Crippen MR) is 129 cm³/mol. The van der Waals surface area contributed by atoms with E-state index in [1.54, 1.807) is 11.0 Å². The SMILES string of the molecule is O=C(Cc1cccc(N(Cc2ccccc2)C(=O)c2cccc(F)c2)c1)Nc1ccccc1. The maximum atomic E-state index is 13.8. The summed E-state index contributed by atoms with van der Waals surface area (Å²) < 4.78 is 13.8. The summed E-state index contributed by atoms with van der Waals surface area (Å²) in [6.07, 6.45) is 0.163. The van der Waals surface area contributed by atoms with Crippen LogP contribution < -0.4 is 10.2 Å². The van der Waals surface area contributed by atoms with Crippen LogP contribution in [0, 0.1) is 5.82 Å². The number of halogens is 1. The number of nitrogens with one attached hydrogen (secondary N) is 1. The molecule has 0 spiro atoms. The molecular weight excluding hydrogens is 415 g/mol. The molecule has 4 nitrogen and oxygen atoms in total. The summed E-state index contributed by atoms with van der Waals surface area (Å²) in [6.45, 7) is 0.315. The lowest BCUT2D eigenvalue weighted by Crippen LogP contribution is -2.30. The van der Waals surface area contributed by atoms with Crippen LogP contribution in [0.5, 0.6) is 0 Å². The average Bonchev–Trinajstić information content (AvgIpc) is 2.83. The van der Waals surface area contributed by atoms with Gasteiger partial charge in [0.15, 0.2) is 0 Å². The van der Waals surface area contributed by atoms with Gasteiger partial charge in [-0.05, 0) is 53.6 Å². The molecule has 0 bridgehead atoms. The molecule has 0 saturated heterocycles. The van der Waals surface area contributed by atoms with Gasteiger partial charge in [0.05, 0.1) is 13.0 Å². The summed E-state index contributed by atoms with van der Waals surface area (Å²) in [6, 6.07) is 31.8. The van der Waals surface area contributed by atoms with Gasteiger partial charge in [0.1, 0.15) is 5.82 Å². The van der Waals surface area contributed by atoms with Crippen molar-refractivity contribution >= 4 is 23.2 Å². The Morgan fingerprint density at radius 2 is 1.39 bits per heavy atom. The molecule has 2 amide bonds. The number of amides is 2. The number of benzene rings is 4. The van der Waals surface area contributed by atoms with Crippen LogP contribution in [0.3, 0.4) is 0 Å². The Labute approximate surface area is 192 Å². The third-order valence-electron chi connectivity index (χ3n) is 5.14. The van der Waals surface area contributed by atoms with Crippen molar-refractivity contribution in [3.05, 3.63) is 132 Å². The average molecular weight is 439 g/mol. The van der Waals surface area contributed by atoms with E-state index >= 15 is 0 Å². The Morgan fingerprint density at radius 3 is 2.12 bits per heavy atom. The first kappa shape index (κ1) is 22.0. The van der Waals surface area contributed by atoms with E-state index < -0.39 is 5.82 Å². The van der Waals surface area contributed by atoms with E-state index in [0.29, 0.717) is 12.2 Å². The molecule has 0 aromatic heterocycles. The van der Waals surface area contributed by atoms with Crippen molar-refractivity contribution in [2.24, 2.45) is 0 Å². The molecule has 0 atom stereocenters. The quantitative estimate of drug-likeness (QED) is 0.393. The van der Waals surface area contributed by atoms with E-state index in [9.17, 15) is 14.0 Å². The second kappa shape index (κ2) is 10.4. The third-order valence-corrected chi connectivity index (χ3v) is 5.14. The van der Waals surface area contributed by atoms with Crippen LogP contribution >= 0.6 is 0 Å². The lowest BCUT2D eigenvalue weighted by atomic mass is 10.1. The van der Waals surface area contributed by atoms with Crippen LogP contribution in [0.4, 0.5) is 15.8 Å². The molecule has 4 aromatic rings. The molecule has 4 aromatic carbocycles. The van der Waals surface area contributed by atoms with Crippen LogP contribution in [0.2, 0.25) is 0 Å². The summed E-state index contributed by atoms with van der Waals surface area (Å²) in [5.74, 6) is -0.930.